The summed E-state index contributed by atoms with van der Waals surface area (Å²) >= 11 is 0. The smallest absolute Gasteiger partial charge is 0.231 e. The Hall–Kier alpha value is -2.99. The molecule has 1 N–H and O–H groups in total. The van der Waals surface area contributed by atoms with E-state index in [1.165, 1.54) is 12.0 Å². The molecular weight excluding hydrogens is 368 g/mol. The second kappa shape index (κ2) is 7.12. The van der Waals surface area contributed by atoms with Gasteiger partial charge >= 0.3 is 0 Å². The Kier molecular flexibility index (Phi) is 4.43. The van der Waals surface area contributed by atoms with E-state index in [9.17, 15) is 5.11 Å². The van der Waals surface area contributed by atoms with Gasteiger partial charge in [-0.25, -0.2) is 0 Å². The summed E-state index contributed by atoms with van der Waals surface area (Å²) < 4.78 is 16.3. The molecule has 2 aromatic carbocycles. The summed E-state index contributed by atoms with van der Waals surface area (Å²) in [5.74, 6) is 2.15. The maximum absolute atomic E-state index is 10.4. The molecule has 6 heteroatoms. The predicted molar refractivity (Wildman–Crippen MR) is 110 cm³/mol. The second-order valence-electron chi connectivity index (χ2n) is 7.73. The third-order valence-electron chi connectivity index (χ3n) is 5.99. The molecule has 29 heavy (non-hydrogen) atoms. The average molecular weight is 392 g/mol. The lowest BCUT2D eigenvalue weighted by molar-refractivity contribution is 0.174. The number of phenols is 1. The minimum absolute atomic E-state index is 0.130. The molecule has 5 rings (SSSR count). The fourth-order valence-corrected chi connectivity index (χ4v) is 4.45. The number of benzene rings is 2. The number of pyridine rings is 1. The lowest BCUT2D eigenvalue weighted by atomic mass is 9.95. The Bertz CT molecular complexity index is 1080. The fraction of sp³-hybridized carbons (Fsp3) is 0.348. The second-order valence-corrected chi connectivity index (χ2v) is 7.73. The van der Waals surface area contributed by atoms with Crippen molar-refractivity contribution in [2.45, 2.75) is 25.3 Å². The van der Waals surface area contributed by atoms with Crippen LogP contribution in [-0.2, 0) is 6.42 Å². The molecule has 1 unspecified atom stereocenters. The number of phenolic OH excluding ortho intramolecular Hbond substituents is 1. The van der Waals surface area contributed by atoms with Gasteiger partial charge in [-0.15, -0.1) is 0 Å². The summed E-state index contributed by atoms with van der Waals surface area (Å²) in [6, 6.07) is 10.0. The molecule has 1 aromatic heterocycles. The van der Waals surface area contributed by atoms with Crippen molar-refractivity contribution in [1.82, 2.24) is 9.88 Å². The number of likely N-dealkylation sites (tertiary alicyclic amines) is 1. The van der Waals surface area contributed by atoms with E-state index in [2.05, 4.69) is 11.9 Å². The molecule has 0 radical (unpaired) electrons. The standard InChI is InChI=1S/C23H24N2O4/c1-25-7-3-4-19(25)17-12-24-18(16-10-20(26)22(27-2)11-15(16)17)8-14-5-6-21-23(9-14)29-13-28-21/h5-6,9-12,19,26H,3-4,7-8,13H2,1-2H3. The molecule has 0 bridgehead atoms. The van der Waals surface area contributed by atoms with Crippen LogP contribution in [0.2, 0.25) is 0 Å². The van der Waals surface area contributed by atoms with Gasteiger partial charge in [-0.05, 0) is 67.2 Å². The lowest BCUT2D eigenvalue weighted by Gasteiger charge is -2.22. The molecule has 1 saturated heterocycles. The molecule has 0 aliphatic carbocycles. The van der Waals surface area contributed by atoms with Crippen molar-refractivity contribution in [3.63, 3.8) is 0 Å². The maximum Gasteiger partial charge on any atom is 0.231 e. The van der Waals surface area contributed by atoms with Crippen molar-refractivity contribution < 1.29 is 19.3 Å². The van der Waals surface area contributed by atoms with Crippen LogP contribution in [0.4, 0.5) is 0 Å². The number of rotatable bonds is 4. The number of fused-ring (bicyclic) bond motifs is 2. The van der Waals surface area contributed by atoms with Gasteiger partial charge in [0.05, 0.1) is 12.8 Å². The van der Waals surface area contributed by atoms with Crippen molar-refractivity contribution in [3.05, 3.63) is 53.3 Å². The minimum atomic E-state index is 0.130. The molecule has 1 fully saturated rings. The van der Waals surface area contributed by atoms with Crippen molar-refractivity contribution in [3.8, 4) is 23.0 Å². The first-order valence-electron chi connectivity index (χ1n) is 9.91. The highest BCUT2D eigenvalue weighted by Crippen LogP contribution is 2.40. The van der Waals surface area contributed by atoms with Crippen molar-refractivity contribution in [2.24, 2.45) is 0 Å². The molecule has 150 valence electrons. The van der Waals surface area contributed by atoms with E-state index in [0.717, 1.165) is 46.5 Å². The summed E-state index contributed by atoms with van der Waals surface area (Å²) in [6.07, 6.45) is 4.92. The van der Waals surface area contributed by atoms with E-state index in [-0.39, 0.29) is 12.5 Å². The number of aromatic hydroxyl groups is 1. The van der Waals surface area contributed by atoms with Crippen LogP contribution in [-0.4, -0.2) is 42.5 Å². The molecule has 6 nitrogen and oxygen atoms in total. The topological polar surface area (TPSA) is 64.1 Å². The molecule has 0 spiro atoms. The highest BCUT2D eigenvalue weighted by atomic mass is 16.7. The number of nitrogens with zero attached hydrogens (tertiary/aromatic N) is 2. The SMILES string of the molecule is COc1cc2c(C3CCCN3C)cnc(Cc3ccc4c(c3)OCO4)c2cc1O. The van der Waals surface area contributed by atoms with Gasteiger partial charge < -0.3 is 19.3 Å². The van der Waals surface area contributed by atoms with Gasteiger partial charge in [0.15, 0.2) is 23.0 Å². The van der Waals surface area contributed by atoms with Gasteiger partial charge in [-0.1, -0.05) is 6.07 Å². The quantitative estimate of drug-likeness (QED) is 0.723. The van der Waals surface area contributed by atoms with Gasteiger partial charge in [0.25, 0.3) is 0 Å². The van der Waals surface area contributed by atoms with E-state index in [1.54, 1.807) is 13.2 Å². The molecule has 1 atom stereocenters. The first-order chi connectivity index (χ1) is 14.1. The zero-order chi connectivity index (χ0) is 20.0. The van der Waals surface area contributed by atoms with Crippen LogP contribution < -0.4 is 14.2 Å². The van der Waals surface area contributed by atoms with Crippen LogP contribution in [0.25, 0.3) is 10.8 Å². The molecular formula is C23H24N2O4. The van der Waals surface area contributed by atoms with Gasteiger partial charge in [0.2, 0.25) is 6.79 Å². The molecule has 0 saturated carbocycles. The van der Waals surface area contributed by atoms with Gasteiger partial charge in [0, 0.05) is 24.0 Å². The first kappa shape index (κ1) is 18.1. The zero-order valence-electron chi connectivity index (χ0n) is 16.6. The van der Waals surface area contributed by atoms with E-state index in [0.29, 0.717) is 18.2 Å². The van der Waals surface area contributed by atoms with Gasteiger partial charge in [-0.2, -0.15) is 0 Å². The summed E-state index contributed by atoms with van der Waals surface area (Å²) in [4.78, 5) is 7.19. The van der Waals surface area contributed by atoms with E-state index in [1.807, 2.05) is 30.5 Å². The minimum Gasteiger partial charge on any atom is -0.504 e. The number of ether oxygens (including phenoxy) is 3. The van der Waals surface area contributed by atoms with E-state index in [4.69, 9.17) is 19.2 Å². The Balaban J connectivity index is 1.61. The highest BCUT2D eigenvalue weighted by Gasteiger charge is 2.26. The molecule has 3 aromatic rings. The van der Waals surface area contributed by atoms with Crippen LogP contribution in [0.1, 0.15) is 35.7 Å². The summed E-state index contributed by atoms with van der Waals surface area (Å²) in [6.45, 7) is 1.34. The zero-order valence-corrected chi connectivity index (χ0v) is 16.6. The molecule has 2 aliphatic rings. The van der Waals surface area contributed by atoms with E-state index >= 15 is 0 Å². The van der Waals surface area contributed by atoms with Crippen LogP contribution in [0.3, 0.4) is 0 Å². The molecule has 2 aliphatic heterocycles. The van der Waals surface area contributed by atoms with Gasteiger partial charge in [0.1, 0.15) is 0 Å². The summed E-state index contributed by atoms with van der Waals surface area (Å²) in [5, 5.41) is 12.5. The normalized spacial score (nSPS) is 18.5. The predicted octanol–water partition coefficient (Wildman–Crippen LogP) is 4.04. The Morgan fingerprint density at radius 1 is 1.17 bits per heavy atom. The number of methoxy groups -OCH3 is 1. The number of aromatic nitrogens is 1. The average Bonchev–Trinajstić information content (AvgIpc) is 3.36. The third kappa shape index (κ3) is 3.13. The van der Waals surface area contributed by atoms with Crippen LogP contribution in [0, 0.1) is 0 Å². The summed E-state index contributed by atoms with van der Waals surface area (Å²) in [7, 11) is 3.73. The van der Waals surface area contributed by atoms with Crippen LogP contribution >= 0.6 is 0 Å². The fourth-order valence-electron chi connectivity index (χ4n) is 4.45. The third-order valence-corrected chi connectivity index (χ3v) is 5.99. The highest BCUT2D eigenvalue weighted by molar-refractivity contribution is 5.91. The van der Waals surface area contributed by atoms with Crippen molar-refractivity contribution >= 4 is 10.8 Å². The van der Waals surface area contributed by atoms with E-state index < -0.39 is 0 Å². The summed E-state index contributed by atoms with van der Waals surface area (Å²) in [5.41, 5.74) is 3.19. The Morgan fingerprint density at radius 3 is 2.83 bits per heavy atom. The Morgan fingerprint density at radius 2 is 2.03 bits per heavy atom. The van der Waals surface area contributed by atoms with Crippen LogP contribution in [0.15, 0.2) is 36.5 Å². The molecule has 3 heterocycles. The maximum atomic E-state index is 10.4. The Labute approximate surface area is 169 Å². The van der Waals surface area contributed by atoms with Gasteiger partial charge in [-0.3, -0.25) is 9.88 Å². The van der Waals surface area contributed by atoms with Crippen molar-refractivity contribution in [2.75, 3.05) is 27.5 Å². The van der Waals surface area contributed by atoms with Crippen molar-refractivity contribution in [1.29, 1.82) is 0 Å². The molecule has 0 amide bonds. The van der Waals surface area contributed by atoms with Crippen LogP contribution in [0.5, 0.6) is 23.0 Å². The first-order valence-corrected chi connectivity index (χ1v) is 9.91. The largest absolute Gasteiger partial charge is 0.504 e. The monoisotopic (exact) mass is 392 g/mol. The number of hydrogen-bond donors (Lipinski definition) is 1. The lowest BCUT2D eigenvalue weighted by Crippen LogP contribution is -2.18. The number of hydrogen-bond acceptors (Lipinski definition) is 6.